The van der Waals surface area contributed by atoms with Gasteiger partial charge < -0.3 is 9.84 Å². The van der Waals surface area contributed by atoms with E-state index < -0.39 is 10.6 Å². The van der Waals surface area contributed by atoms with Crippen molar-refractivity contribution in [3.05, 3.63) is 0 Å². The third kappa shape index (κ3) is 2.18. The fourth-order valence-corrected chi connectivity index (χ4v) is 2.27. The number of halogens is 3. The fourth-order valence-electron chi connectivity index (χ4n) is 1.19. The van der Waals surface area contributed by atoms with Gasteiger partial charge in [-0.3, -0.25) is 0 Å². The summed E-state index contributed by atoms with van der Waals surface area (Å²) >= 11 is 17.4. The molecule has 1 heterocycles. The lowest BCUT2D eigenvalue weighted by atomic mass is 10.1. The SMILES string of the molecule is CCC1OC(O)C(Cl)(Cl)CC1Cl. The minimum absolute atomic E-state index is 0.160. The minimum atomic E-state index is -1.27. The molecule has 3 unspecified atom stereocenters. The first kappa shape index (κ1) is 10.9. The zero-order valence-electron chi connectivity index (χ0n) is 6.64. The van der Waals surface area contributed by atoms with Gasteiger partial charge in [-0.2, -0.15) is 0 Å². The van der Waals surface area contributed by atoms with Crippen molar-refractivity contribution in [2.75, 3.05) is 0 Å². The van der Waals surface area contributed by atoms with Crippen LogP contribution in [-0.2, 0) is 4.74 Å². The Kier molecular flexibility index (Phi) is 3.52. The van der Waals surface area contributed by atoms with Crippen molar-refractivity contribution in [2.24, 2.45) is 0 Å². The molecule has 0 amide bonds. The molecular formula is C7H11Cl3O2. The Morgan fingerprint density at radius 2 is 2.17 bits per heavy atom. The van der Waals surface area contributed by atoms with Crippen LogP contribution in [0.2, 0.25) is 0 Å². The number of ether oxygens (including phenoxy) is 1. The summed E-state index contributed by atoms with van der Waals surface area (Å²) in [5, 5.41) is 9.08. The van der Waals surface area contributed by atoms with Gasteiger partial charge in [-0.25, -0.2) is 0 Å². The van der Waals surface area contributed by atoms with Gasteiger partial charge >= 0.3 is 0 Å². The van der Waals surface area contributed by atoms with E-state index in [9.17, 15) is 5.11 Å². The first-order valence-corrected chi connectivity index (χ1v) is 5.02. The average molecular weight is 234 g/mol. The van der Waals surface area contributed by atoms with E-state index >= 15 is 0 Å². The highest BCUT2D eigenvalue weighted by Gasteiger charge is 2.44. The van der Waals surface area contributed by atoms with Gasteiger partial charge in [0.2, 0.25) is 0 Å². The van der Waals surface area contributed by atoms with Crippen LogP contribution in [0, 0.1) is 0 Å². The highest BCUT2D eigenvalue weighted by atomic mass is 35.5. The molecule has 0 aromatic rings. The molecule has 3 atom stereocenters. The van der Waals surface area contributed by atoms with Crippen LogP contribution >= 0.6 is 34.8 Å². The normalized spacial score (nSPS) is 41.2. The summed E-state index contributed by atoms with van der Waals surface area (Å²) in [5.74, 6) is 0. The van der Waals surface area contributed by atoms with Gasteiger partial charge in [-0.1, -0.05) is 30.1 Å². The lowest BCUT2D eigenvalue weighted by molar-refractivity contribution is -0.166. The van der Waals surface area contributed by atoms with Crippen LogP contribution in [0.1, 0.15) is 19.8 Å². The number of rotatable bonds is 1. The maximum absolute atomic E-state index is 9.31. The van der Waals surface area contributed by atoms with Crippen LogP contribution in [0.4, 0.5) is 0 Å². The van der Waals surface area contributed by atoms with Crippen LogP contribution in [0.5, 0.6) is 0 Å². The number of aliphatic hydroxyl groups is 1. The predicted molar refractivity (Wildman–Crippen MR) is 49.9 cm³/mol. The summed E-state index contributed by atoms with van der Waals surface area (Å²) < 4.78 is 3.86. The third-order valence-electron chi connectivity index (χ3n) is 1.94. The number of hydrogen-bond acceptors (Lipinski definition) is 2. The Bertz CT molecular complexity index is 163. The first-order valence-electron chi connectivity index (χ1n) is 3.82. The molecule has 72 valence electrons. The Balaban J connectivity index is 2.62. The molecule has 0 spiro atoms. The maximum atomic E-state index is 9.31. The number of alkyl halides is 3. The summed E-state index contributed by atoms with van der Waals surface area (Å²) in [4.78, 5) is 0. The Morgan fingerprint density at radius 1 is 1.58 bits per heavy atom. The third-order valence-corrected chi connectivity index (χ3v) is 3.06. The Morgan fingerprint density at radius 3 is 2.67 bits per heavy atom. The molecule has 5 heteroatoms. The molecule has 12 heavy (non-hydrogen) atoms. The van der Waals surface area contributed by atoms with Crippen LogP contribution in [0.3, 0.4) is 0 Å². The summed E-state index contributed by atoms with van der Waals surface area (Å²) in [5.41, 5.74) is 0. The molecule has 1 aliphatic rings. The first-order chi connectivity index (χ1) is 5.47. The molecule has 1 N–H and O–H groups in total. The summed E-state index contributed by atoms with van der Waals surface area (Å²) in [7, 11) is 0. The topological polar surface area (TPSA) is 29.5 Å². The average Bonchev–Trinajstić information content (AvgIpc) is 1.96. The van der Waals surface area contributed by atoms with Crippen molar-refractivity contribution in [3.8, 4) is 0 Å². The van der Waals surface area contributed by atoms with Crippen molar-refractivity contribution in [1.29, 1.82) is 0 Å². The van der Waals surface area contributed by atoms with Crippen LogP contribution in [0.25, 0.3) is 0 Å². The summed E-state index contributed by atoms with van der Waals surface area (Å²) in [6.45, 7) is 1.93. The van der Waals surface area contributed by atoms with E-state index in [1.807, 2.05) is 6.92 Å². The predicted octanol–water partition coefficient (Wildman–Crippen LogP) is 2.29. The van der Waals surface area contributed by atoms with E-state index in [1.54, 1.807) is 0 Å². The second-order valence-electron chi connectivity index (χ2n) is 2.92. The second kappa shape index (κ2) is 3.89. The lowest BCUT2D eigenvalue weighted by Crippen LogP contribution is -2.47. The van der Waals surface area contributed by atoms with Crippen LogP contribution in [-0.4, -0.2) is 27.2 Å². The van der Waals surface area contributed by atoms with Gasteiger partial charge in [0.15, 0.2) is 10.6 Å². The van der Waals surface area contributed by atoms with Crippen molar-refractivity contribution in [2.45, 2.75) is 41.9 Å². The van der Waals surface area contributed by atoms with E-state index in [1.165, 1.54) is 0 Å². The molecule has 0 saturated carbocycles. The van der Waals surface area contributed by atoms with E-state index in [2.05, 4.69) is 0 Å². The quantitative estimate of drug-likeness (QED) is 0.704. The van der Waals surface area contributed by atoms with Gasteiger partial charge in [0.25, 0.3) is 0 Å². The van der Waals surface area contributed by atoms with E-state index in [-0.39, 0.29) is 11.5 Å². The Labute approximate surface area is 86.7 Å². The van der Waals surface area contributed by atoms with Crippen LogP contribution < -0.4 is 0 Å². The molecule has 0 aliphatic carbocycles. The highest BCUT2D eigenvalue weighted by molar-refractivity contribution is 6.49. The minimum Gasteiger partial charge on any atom is -0.365 e. The van der Waals surface area contributed by atoms with Gasteiger partial charge in [0, 0.05) is 6.42 Å². The zero-order valence-corrected chi connectivity index (χ0v) is 8.90. The smallest absolute Gasteiger partial charge is 0.188 e. The van der Waals surface area contributed by atoms with Crippen molar-refractivity contribution < 1.29 is 9.84 Å². The number of hydrogen-bond donors (Lipinski definition) is 1. The summed E-state index contributed by atoms with van der Waals surface area (Å²) in [6, 6.07) is 0. The standard InChI is InChI=1S/C7H11Cl3O2/c1-2-5-4(8)3-7(9,10)6(11)12-5/h4-6,11H,2-3H2,1H3. The van der Waals surface area contributed by atoms with Crippen molar-refractivity contribution >= 4 is 34.8 Å². The molecule has 1 fully saturated rings. The largest absolute Gasteiger partial charge is 0.365 e. The van der Waals surface area contributed by atoms with Crippen LogP contribution in [0.15, 0.2) is 0 Å². The summed E-state index contributed by atoms with van der Waals surface area (Å²) in [6.07, 6.45) is -0.208. The van der Waals surface area contributed by atoms with Crippen molar-refractivity contribution in [1.82, 2.24) is 0 Å². The van der Waals surface area contributed by atoms with E-state index in [0.29, 0.717) is 6.42 Å². The Hall–Kier alpha value is 0.790. The fraction of sp³-hybridized carbons (Fsp3) is 1.00. The molecule has 0 aromatic carbocycles. The second-order valence-corrected chi connectivity index (χ2v) is 5.02. The molecule has 2 nitrogen and oxygen atoms in total. The van der Waals surface area contributed by atoms with E-state index in [0.717, 1.165) is 6.42 Å². The molecule has 0 radical (unpaired) electrons. The molecule has 0 aromatic heterocycles. The zero-order chi connectivity index (χ0) is 9.35. The molecule has 1 rings (SSSR count). The highest BCUT2D eigenvalue weighted by Crippen LogP contribution is 2.39. The van der Waals surface area contributed by atoms with E-state index in [4.69, 9.17) is 39.5 Å². The monoisotopic (exact) mass is 232 g/mol. The maximum Gasteiger partial charge on any atom is 0.188 e. The molecular weight excluding hydrogens is 222 g/mol. The molecule has 1 saturated heterocycles. The van der Waals surface area contributed by atoms with Crippen molar-refractivity contribution in [3.63, 3.8) is 0 Å². The van der Waals surface area contributed by atoms with Gasteiger partial charge in [-0.15, -0.1) is 11.6 Å². The lowest BCUT2D eigenvalue weighted by Gasteiger charge is -2.38. The number of aliphatic hydroxyl groups excluding tert-OH is 1. The molecule has 0 bridgehead atoms. The van der Waals surface area contributed by atoms with Gasteiger partial charge in [-0.05, 0) is 6.42 Å². The van der Waals surface area contributed by atoms with Gasteiger partial charge in [0.1, 0.15) is 0 Å². The molecule has 1 aliphatic heterocycles. The van der Waals surface area contributed by atoms with Gasteiger partial charge in [0.05, 0.1) is 11.5 Å².